The second-order valence-corrected chi connectivity index (χ2v) is 6.89. The normalized spacial score (nSPS) is 15.0. The molecule has 1 fully saturated rings. The Bertz CT molecular complexity index is 961. The summed E-state index contributed by atoms with van der Waals surface area (Å²) in [7, 11) is 2.71. The number of hydrogen-bond donors (Lipinski definition) is 0. The van der Waals surface area contributed by atoms with E-state index in [0.717, 1.165) is 22.2 Å². The van der Waals surface area contributed by atoms with Crippen molar-refractivity contribution in [2.45, 2.75) is 6.61 Å². The van der Waals surface area contributed by atoms with E-state index < -0.39 is 23.7 Å². The minimum atomic E-state index is -0.661. The number of esters is 1. The van der Waals surface area contributed by atoms with Crippen LogP contribution in [0.1, 0.15) is 11.1 Å². The van der Waals surface area contributed by atoms with Gasteiger partial charge in [-0.05, 0) is 53.2 Å². The van der Waals surface area contributed by atoms with Crippen LogP contribution in [0.3, 0.4) is 0 Å². The number of thioether (sulfide) groups is 1. The fourth-order valence-electron chi connectivity index (χ4n) is 2.51. The quantitative estimate of drug-likeness (QED) is 0.504. The van der Waals surface area contributed by atoms with Gasteiger partial charge in [0.2, 0.25) is 0 Å². The molecule has 1 aromatic carbocycles. The summed E-state index contributed by atoms with van der Waals surface area (Å²) in [4.78, 5) is 40.8. The maximum Gasteiger partial charge on any atom is 0.325 e. The summed E-state index contributed by atoms with van der Waals surface area (Å²) >= 11 is 0.767. The van der Waals surface area contributed by atoms with Crippen LogP contribution in [0, 0.1) is 0 Å². The lowest BCUT2D eigenvalue weighted by Gasteiger charge is -2.11. The molecule has 0 spiro atoms. The number of carbonyl (C=O) groups is 3. The molecule has 0 unspecified atom stereocenters. The molecular formula is C20H18N2O6S. The van der Waals surface area contributed by atoms with Crippen LogP contribution in [0.25, 0.3) is 6.08 Å². The summed E-state index contributed by atoms with van der Waals surface area (Å²) in [5.41, 5.74) is 1.62. The Labute approximate surface area is 171 Å². The number of rotatable bonds is 7. The van der Waals surface area contributed by atoms with Crippen LogP contribution >= 0.6 is 11.8 Å². The van der Waals surface area contributed by atoms with Crippen LogP contribution < -0.4 is 9.47 Å². The predicted molar refractivity (Wildman–Crippen MR) is 106 cm³/mol. The number of ether oxygens (including phenoxy) is 3. The Morgan fingerprint density at radius 1 is 1.14 bits per heavy atom. The first-order valence-corrected chi connectivity index (χ1v) is 9.35. The van der Waals surface area contributed by atoms with Crippen LogP contribution in [0.15, 0.2) is 47.6 Å². The first-order chi connectivity index (χ1) is 14.0. The Hall–Kier alpha value is -3.33. The van der Waals surface area contributed by atoms with E-state index in [1.165, 1.54) is 14.2 Å². The standard InChI is InChI=1S/C20H18N2O6S/c1-26-16-9-14(3-4-15(16)28-12-13-5-7-21-8-6-13)10-17-19(24)22(20(25)29-17)11-18(23)27-2/h3-10H,11-12H2,1-2H3/b17-10-. The average Bonchev–Trinajstić information content (AvgIpc) is 3.00. The highest BCUT2D eigenvalue weighted by Crippen LogP contribution is 2.34. The topological polar surface area (TPSA) is 95.0 Å². The number of aromatic nitrogens is 1. The van der Waals surface area contributed by atoms with Gasteiger partial charge in [0.15, 0.2) is 11.5 Å². The maximum atomic E-state index is 12.4. The Balaban J connectivity index is 1.75. The fraction of sp³-hybridized carbons (Fsp3) is 0.200. The third kappa shape index (κ3) is 4.94. The molecule has 150 valence electrons. The van der Waals surface area contributed by atoms with E-state index in [2.05, 4.69) is 9.72 Å². The second-order valence-electron chi connectivity index (χ2n) is 5.90. The number of imide groups is 1. The molecule has 0 radical (unpaired) electrons. The van der Waals surface area contributed by atoms with Gasteiger partial charge in [-0.15, -0.1) is 0 Å². The Kier molecular flexibility index (Phi) is 6.50. The van der Waals surface area contributed by atoms with Crippen molar-refractivity contribution >= 4 is 35.0 Å². The summed E-state index contributed by atoms with van der Waals surface area (Å²) < 4.78 is 15.7. The van der Waals surface area contributed by atoms with Gasteiger partial charge in [0.05, 0.1) is 19.1 Å². The zero-order valence-corrected chi connectivity index (χ0v) is 16.6. The molecule has 1 aliphatic heterocycles. The van der Waals surface area contributed by atoms with E-state index in [4.69, 9.17) is 9.47 Å². The highest BCUT2D eigenvalue weighted by atomic mass is 32.2. The predicted octanol–water partition coefficient (Wildman–Crippen LogP) is 2.88. The molecule has 9 heteroatoms. The molecule has 8 nitrogen and oxygen atoms in total. The Morgan fingerprint density at radius 2 is 1.90 bits per heavy atom. The number of amides is 2. The number of benzene rings is 1. The highest BCUT2D eigenvalue weighted by molar-refractivity contribution is 8.18. The van der Waals surface area contributed by atoms with E-state index in [0.29, 0.717) is 23.7 Å². The molecular weight excluding hydrogens is 396 g/mol. The molecule has 0 saturated carbocycles. The van der Waals surface area contributed by atoms with E-state index >= 15 is 0 Å². The highest BCUT2D eigenvalue weighted by Gasteiger charge is 2.36. The molecule has 2 amide bonds. The number of nitrogens with zero attached hydrogens (tertiary/aromatic N) is 2. The lowest BCUT2D eigenvalue weighted by molar-refractivity contribution is -0.143. The molecule has 2 heterocycles. The molecule has 0 bridgehead atoms. The van der Waals surface area contributed by atoms with Crippen LogP contribution in [-0.2, 0) is 20.9 Å². The fourth-order valence-corrected chi connectivity index (χ4v) is 3.35. The molecule has 1 aliphatic rings. The van der Waals surface area contributed by atoms with Gasteiger partial charge in [0.25, 0.3) is 11.1 Å². The van der Waals surface area contributed by atoms with E-state index in [9.17, 15) is 14.4 Å². The number of pyridine rings is 1. The van der Waals surface area contributed by atoms with Crippen LogP contribution in [0.5, 0.6) is 11.5 Å². The van der Waals surface area contributed by atoms with E-state index in [-0.39, 0.29) is 4.91 Å². The van der Waals surface area contributed by atoms with Crippen LogP contribution in [-0.4, -0.2) is 47.8 Å². The van der Waals surface area contributed by atoms with Gasteiger partial charge in [0, 0.05) is 12.4 Å². The third-order valence-corrected chi connectivity index (χ3v) is 4.93. The summed E-state index contributed by atoms with van der Waals surface area (Å²) in [6, 6.07) is 8.88. The van der Waals surface area contributed by atoms with Gasteiger partial charge in [0.1, 0.15) is 13.2 Å². The van der Waals surface area contributed by atoms with Crippen molar-refractivity contribution in [3.8, 4) is 11.5 Å². The molecule has 1 aromatic heterocycles. The van der Waals surface area contributed by atoms with Crippen LogP contribution in [0.4, 0.5) is 4.79 Å². The van der Waals surface area contributed by atoms with Crippen LogP contribution in [0.2, 0.25) is 0 Å². The van der Waals surface area contributed by atoms with Crippen molar-refractivity contribution in [2.24, 2.45) is 0 Å². The van der Waals surface area contributed by atoms with Crippen molar-refractivity contribution in [1.29, 1.82) is 0 Å². The number of hydrogen-bond acceptors (Lipinski definition) is 8. The zero-order valence-electron chi connectivity index (χ0n) is 15.8. The third-order valence-electron chi connectivity index (χ3n) is 4.02. The van der Waals surface area contributed by atoms with Crippen molar-refractivity contribution < 1.29 is 28.6 Å². The largest absolute Gasteiger partial charge is 0.493 e. The van der Waals surface area contributed by atoms with Gasteiger partial charge in [-0.25, -0.2) is 0 Å². The summed E-state index contributed by atoms with van der Waals surface area (Å²) in [6.07, 6.45) is 4.94. The molecule has 29 heavy (non-hydrogen) atoms. The number of methoxy groups -OCH3 is 2. The molecule has 0 atom stereocenters. The van der Waals surface area contributed by atoms with Gasteiger partial charge in [-0.3, -0.25) is 24.3 Å². The van der Waals surface area contributed by atoms with Gasteiger partial charge >= 0.3 is 5.97 Å². The molecule has 0 aliphatic carbocycles. The monoisotopic (exact) mass is 414 g/mol. The summed E-state index contributed by atoms with van der Waals surface area (Å²) in [5.74, 6) is -0.171. The van der Waals surface area contributed by atoms with Gasteiger partial charge in [-0.1, -0.05) is 6.07 Å². The minimum absolute atomic E-state index is 0.214. The summed E-state index contributed by atoms with van der Waals surface area (Å²) in [5, 5.41) is -0.518. The molecule has 1 saturated heterocycles. The van der Waals surface area contributed by atoms with Gasteiger partial charge < -0.3 is 14.2 Å². The smallest absolute Gasteiger partial charge is 0.325 e. The molecule has 0 N–H and O–H groups in total. The molecule has 3 rings (SSSR count). The first kappa shape index (κ1) is 20.4. The lowest BCUT2D eigenvalue weighted by atomic mass is 10.2. The van der Waals surface area contributed by atoms with Crippen molar-refractivity contribution in [3.05, 3.63) is 58.8 Å². The molecule has 2 aromatic rings. The second kappa shape index (κ2) is 9.24. The Morgan fingerprint density at radius 3 is 2.59 bits per heavy atom. The van der Waals surface area contributed by atoms with Crippen molar-refractivity contribution in [2.75, 3.05) is 20.8 Å². The van der Waals surface area contributed by atoms with Gasteiger partial charge in [-0.2, -0.15) is 0 Å². The van der Waals surface area contributed by atoms with Crippen molar-refractivity contribution in [3.63, 3.8) is 0 Å². The van der Waals surface area contributed by atoms with Crippen molar-refractivity contribution in [1.82, 2.24) is 9.88 Å². The summed E-state index contributed by atoms with van der Waals surface area (Å²) in [6.45, 7) is -0.0613. The SMILES string of the molecule is COC(=O)CN1C(=O)S/C(=C\c2ccc(OCc3ccncc3)c(OC)c2)C1=O. The lowest BCUT2D eigenvalue weighted by Crippen LogP contribution is -2.34. The minimum Gasteiger partial charge on any atom is -0.493 e. The number of carbonyl (C=O) groups excluding carboxylic acids is 3. The first-order valence-electron chi connectivity index (χ1n) is 8.53. The zero-order chi connectivity index (χ0) is 20.8. The van der Waals surface area contributed by atoms with E-state index in [1.54, 1.807) is 36.7 Å². The maximum absolute atomic E-state index is 12.4. The average molecular weight is 414 g/mol. The van der Waals surface area contributed by atoms with E-state index in [1.807, 2.05) is 12.1 Å².